The third-order valence-corrected chi connectivity index (χ3v) is 4.07. The second-order valence-corrected chi connectivity index (χ2v) is 6.93. The van der Waals surface area contributed by atoms with Crippen LogP contribution in [0.25, 0.3) is 0 Å². The minimum Gasteiger partial charge on any atom is -0.451 e. The summed E-state index contributed by atoms with van der Waals surface area (Å²) in [7, 11) is 0. The van der Waals surface area contributed by atoms with Crippen molar-refractivity contribution >= 4 is 29.2 Å². The number of esters is 1. The maximum Gasteiger partial charge on any atom is 0.348 e. The van der Waals surface area contributed by atoms with Crippen molar-refractivity contribution < 1.29 is 19.1 Å². The Kier molecular flexibility index (Phi) is 7.74. The Labute approximate surface area is 140 Å². The lowest BCUT2D eigenvalue weighted by Gasteiger charge is -2.08. The van der Waals surface area contributed by atoms with Crippen molar-refractivity contribution in [3.05, 3.63) is 21.4 Å². The van der Waals surface area contributed by atoms with E-state index in [1.165, 1.54) is 11.3 Å². The molecule has 0 aliphatic carbocycles. The zero-order valence-corrected chi connectivity index (χ0v) is 14.8. The van der Waals surface area contributed by atoms with Crippen molar-refractivity contribution in [1.82, 2.24) is 10.6 Å². The predicted molar refractivity (Wildman–Crippen MR) is 89.7 cm³/mol. The van der Waals surface area contributed by atoms with Crippen molar-refractivity contribution in [1.29, 1.82) is 0 Å². The Morgan fingerprint density at radius 1 is 1.30 bits per heavy atom. The van der Waals surface area contributed by atoms with Gasteiger partial charge in [0.15, 0.2) is 6.61 Å². The topological polar surface area (TPSA) is 84.5 Å². The molecule has 0 unspecified atom stereocenters. The maximum absolute atomic E-state index is 11.9. The number of amides is 3. The van der Waals surface area contributed by atoms with Crippen LogP contribution >= 0.6 is 11.3 Å². The molecule has 0 aliphatic rings. The lowest BCUT2D eigenvalue weighted by atomic mass is 10.1. The van der Waals surface area contributed by atoms with E-state index in [9.17, 15) is 14.4 Å². The molecule has 23 heavy (non-hydrogen) atoms. The van der Waals surface area contributed by atoms with E-state index in [-0.39, 0.29) is 5.92 Å². The van der Waals surface area contributed by atoms with Gasteiger partial charge in [-0.3, -0.25) is 10.1 Å². The zero-order chi connectivity index (χ0) is 17.4. The minimum atomic E-state index is -0.651. The van der Waals surface area contributed by atoms with Crippen LogP contribution in [0.4, 0.5) is 4.79 Å². The van der Waals surface area contributed by atoms with Gasteiger partial charge in [-0.05, 0) is 30.9 Å². The predicted octanol–water partition coefficient (Wildman–Crippen LogP) is 2.65. The van der Waals surface area contributed by atoms with E-state index in [0.717, 1.165) is 23.3 Å². The number of carbonyl (C=O) groups excluding carboxylic acids is 3. The fraction of sp³-hybridized carbons (Fsp3) is 0.562. The number of ether oxygens (including phenoxy) is 1. The summed E-state index contributed by atoms with van der Waals surface area (Å²) >= 11 is 1.35. The molecule has 1 rings (SSSR count). The van der Waals surface area contributed by atoms with Gasteiger partial charge >= 0.3 is 12.0 Å². The highest BCUT2D eigenvalue weighted by Gasteiger charge is 2.16. The molecule has 6 nitrogen and oxygen atoms in total. The van der Waals surface area contributed by atoms with Crippen LogP contribution in [0.5, 0.6) is 0 Å². The van der Waals surface area contributed by atoms with Gasteiger partial charge in [0.2, 0.25) is 0 Å². The molecule has 0 saturated heterocycles. The summed E-state index contributed by atoms with van der Waals surface area (Å²) in [5, 5.41) is 4.66. The second kappa shape index (κ2) is 9.29. The Morgan fingerprint density at radius 2 is 2.00 bits per heavy atom. The van der Waals surface area contributed by atoms with E-state index in [0.29, 0.717) is 11.4 Å². The summed E-state index contributed by atoms with van der Waals surface area (Å²) in [6.07, 6.45) is 1.91. The monoisotopic (exact) mass is 340 g/mol. The van der Waals surface area contributed by atoms with Gasteiger partial charge in [0.1, 0.15) is 4.88 Å². The van der Waals surface area contributed by atoms with Gasteiger partial charge < -0.3 is 10.1 Å². The highest BCUT2D eigenvalue weighted by atomic mass is 32.1. The van der Waals surface area contributed by atoms with E-state index in [2.05, 4.69) is 17.6 Å². The Bertz CT molecular complexity index is 566. The van der Waals surface area contributed by atoms with Crippen LogP contribution < -0.4 is 10.6 Å². The molecule has 0 fully saturated rings. The largest absolute Gasteiger partial charge is 0.451 e. The van der Waals surface area contributed by atoms with E-state index < -0.39 is 24.5 Å². The SMILES string of the molecule is CCCc1cc(C(=O)OCC(=O)NC(=O)NCC(C)C)sc1C. The highest BCUT2D eigenvalue weighted by molar-refractivity contribution is 7.14. The molecule has 128 valence electrons. The van der Waals surface area contributed by atoms with Gasteiger partial charge in [-0.2, -0.15) is 0 Å². The molecular weight excluding hydrogens is 316 g/mol. The van der Waals surface area contributed by atoms with Crippen molar-refractivity contribution in [2.24, 2.45) is 5.92 Å². The number of aryl methyl sites for hydroxylation is 2. The summed E-state index contributed by atoms with van der Waals surface area (Å²) in [5.74, 6) is -0.909. The molecule has 0 bridgehead atoms. The summed E-state index contributed by atoms with van der Waals surface area (Å²) < 4.78 is 4.94. The number of nitrogens with one attached hydrogen (secondary N) is 2. The molecule has 3 amide bonds. The van der Waals surface area contributed by atoms with Gasteiger partial charge in [0.05, 0.1) is 0 Å². The Morgan fingerprint density at radius 3 is 2.61 bits per heavy atom. The van der Waals surface area contributed by atoms with Crippen LogP contribution in [-0.2, 0) is 16.0 Å². The first-order valence-corrected chi connectivity index (χ1v) is 8.49. The van der Waals surface area contributed by atoms with Gasteiger partial charge in [0, 0.05) is 11.4 Å². The number of urea groups is 1. The molecule has 1 heterocycles. The maximum atomic E-state index is 11.9. The quantitative estimate of drug-likeness (QED) is 0.747. The molecule has 7 heteroatoms. The van der Waals surface area contributed by atoms with E-state index >= 15 is 0 Å². The number of rotatable bonds is 7. The van der Waals surface area contributed by atoms with E-state index in [1.54, 1.807) is 6.07 Å². The molecule has 0 atom stereocenters. The van der Waals surface area contributed by atoms with Crippen LogP contribution in [-0.4, -0.2) is 31.1 Å². The van der Waals surface area contributed by atoms with Gasteiger partial charge in [0.25, 0.3) is 5.91 Å². The van der Waals surface area contributed by atoms with Crippen molar-refractivity contribution in [3.8, 4) is 0 Å². The highest BCUT2D eigenvalue weighted by Crippen LogP contribution is 2.23. The lowest BCUT2D eigenvalue weighted by molar-refractivity contribution is -0.123. The fourth-order valence-corrected chi connectivity index (χ4v) is 2.81. The third kappa shape index (κ3) is 6.81. The molecule has 2 N–H and O–H groups in total. The summed E-state index contributed by atoms with van der Waals surface area (Å²) in [4.78, 5) is 36.5. The molecule has 0 radical (unpaired) electrons. The van der Waals surface area contributed by atoms with Crippen LogP contribution in [0.2, 0.25) is 0 Å². The van der Waals surface area contributed by atoms with Crippen LogP contribution in [0.1, 0.15) is 47.3 Å². The van der Waals surface area contributed by atoms with Crippen LogP contribution in [0.15, 0.2) is 6.07 Å². The average molecular weight is 340 g/mol. The lowest BCUT2D eigenvalue weighted by Crippen LogP contribution is -2.42. The molecule has 0 aromatic carbocycles. The summed E-state index contributed by atoms with van der Waals surface area (Å²) in [6.45, 7) is 7.91. The second-order valence-electron chi connectivity index (χ2n) is 5.67. The standard InChI is InChI=1S/C16H24N2O4S/c1-5-6-12-7-13(23-11(12)4)15(20)22-9-14(19)18-16(21)17-8-10(2)3/h7,10H,5-6,8-9H2,1-4H3,(H2,17,18,19,21). The molecule has 1 aromatic rings. The van der Waals surface area contributed by atoms with Crippen LogP contribution in [0, 0.1) is 12.8 Å². The summed E-state index contributed by atoms with van der Waals surface area (Å²) in [5.41, 5.74) is 1.13. The van der Waals surface area contributed by atoms with E-state index in [4.69, 9.17) is 4.74 Å². The number of imide groups is 1. The number of carbonyl (C=O) groups is 3. The van der Waals surface area contributed by atoms with Crippen molar-refractivity contribution in [2.45, 2.75) is 40.5 Å². The smallest absolute Gasteiger partial charge is 0.348 e. The third-order valence-electron chi connectivity index (χ3n) is 3.00. The molecule has 1 aromatic heterocycles. The van der Waals surface area contributed by atoms with Crippen molar-refractivity contribution in [2.75, 3.05) is 13.2 Å². The number of hydrogen-bond acceptors (Lipinski definition) is 5. The van der Waals surface area contributed by atoms with E-state index in [1.807, 2.05) is 20.8 Å². The van der Waals surface area contributed by atoms with Gasteiger partial charge in [-0.1, -0.05) is 27.2 Å². The van der Waals surface area contributed by atoms with Crippen LogP contribution in [0.3, 0.4) is 0 Å². The number of thiophene rings is 1. The minimum absolute atomic E-state index is 0.285. The Balaban J connectivity index is 2.42. The number of hydrogen-bond donors (Lipinski definition) is 2. The van der Waals surface area contributed by atoms with Gasteiger partial charge in [-0.15, -0.1) is 11.3 Å². The van der Waals surface area contributed by atoms with Crippen molar-refractivity contribution in [3.63, 3.8) is 0 Å². The molecular formula is C16H24N2O4S. The summed E-state index contributed by atoms with van der Waals surface area (Å²) in [6, 6.07) is 1.22. The Hall–Kier alpha value is -1.89. The normalized spacial score (nSPS) is 10.5. The average Bonchev–Trinajstić information content (AvgIpc) is 2.84. The first-order valence-electron chi connectivity index (χ1n) is 7.67. The fourth-order valence-electron chi connectivity index (χ4n) is 1.84. The molecule has 0 spiro atoms. The first kappa shape index (κ1) is 19.2. The molecule has 0 saturated carbocycles. The molecule has 0 aliphatic heterocycles. The zero-order valence-electron chi connectivity index (χ0n) is 14.0. The van der Waals surface area contributed by atoms with Gasteiger partial charge in [-0.25, -0.2) is 9.59 Å². The first-order chi connectivity index (χ1) is 10.8.